The third-order valence-electron chi connectivity index (χ3n) is 4.45. The highest BCUT2D eigenvalue weighted by molar-refractivity contribution is 7.16. The SMILES string of the molecule is CCCCC(=O)Nc1scc2c(C(=O)OCC)nn(-c3ccc(OC)cc3)c(=O)c12. The molecule has 0 fully saturated rings. The van der Waals surface area contributed by atoms with Crippen LogP contribution in [0.25, 0.3) is 16.5 Å². The van der Waals surface area contributed by atoms with Crippen LogP contribution in [0.15, 0.2) is 34.4 Å². The molecule has 0 bridgehead atoms. The van der Waals surface area contributed by atoms with Gasteiger partial charge >= 0.3 is 5.97 Å². The van der Waals surface area contributed by atoms with Gasteiger partial charge in [-0.25, -0.2) is 4.79 Å². The van der Waals surface area contributed by atoms with Gasteiger partial charge in [0, 0.05) is 17.2 Å². The Kier molecular flexibility index (Phi) is 6.83. The van der Waals surface area contributed by atoms with Gasteiger partial charge in [0.1, 0.15) is 10.8 Å². The largest absolute Gasteiger partial charge is 0.497 e. The standard InChI is InChI=1S/C21H23N3O5S/c1-4-6-7-16(25)22-19-17-15(12-30-19)18(21(27)29-5-2)23-24(20(17)26)13-8-10-14(28-3)11-9-13/h8-12H,4-7H2,1-3H3,(H,22,25). The third kappa shape index (κ3) is 4.35. The Morgan fingerprint density at radius 2 is 1.93 bits per heavy atom. The van der Waals surface area contributed by atoms with Crippen LogP contribution in [0.5, 0.6) is 5.75 Å². The van der Waals surface area contributed by atoms with Gasteiger partial charge < -0.3 is 14.8 Å². The molecule has 1 amide bonds. The zero-order chi connectivity index (χ0) is 21.7. The molecule has 1 N–H and O–H groups in total. The van der Waals surface area contributed by atoms with Gasteiger partial charge in [-0.1, -0.05) is 13.3 Å². The van der Waals surface area contributed by atoms with Crippen molar-refractivity contribution in [1.82, 2.24) is 9.78 Å². The van der Waals surface area contributed by atoms with Crippen LogP contribution < -0.4 is 15.6 Å². The number of carbonyl (C=O) groups is 2. The van der Waals surface area contributed by atoms with E-state index in [9.17, 15) is 14.4 Å². The van der Waals surface area contributed by atoms with Gasteiger partial charge in [0.05, 0.1) is 24.8 Å². The van der Waals surface area contributed by atoms with E-state index in [1.54, 1.807) is 43.7 Å². The van der Waals surface area contributed by atoms with E-state index in [2.05, 4.69) is 10.4 Å². The number of methoxy groups -OCH3 is 1. The van der Waals surface area contributed by atoms with Crippen molar-refractivity contribution >= 4 is 39.0 Å². The Bertz CT molecular complexity index is 1120. The number of hydrogen-bond acceptors (Lipinski definition) is 7. The van der Waals surface area contributed by atoms with Crippen LogP contribution in [0.1, 0.15) is 43.6 Å². The number of ether oxygens (including phenoxy) is 2. The van der Waals surface area contributed by atoms with Gasteiger partial charge in [-0.3, -0.25) is 9.59 Å². The summed E-state index contributed by atoms with van der Waals surface area (Å²) in [6.45, 7) is 3.87. The molecule has 0 saturated heterocycles. The minimum absolute atomic E-state index is 0.0209. The second kappa shape index (κ2) is 9.53. The molecule has 2 heterocycles. The van der Waals surface area contributed by atoms with Crippen molar-refractivity contribution in [2.75, 3.05) is 19.0 Å². The maximum atomic E-state index is 13.3. The lowest BCUT2D eigenvalue weighted by molar-refractivity contribution is -0.116. The highest BCUT2D eigenvalue weighted by Crippen LogP contribution is 2.31. The van der Waals surface area contributed by atoms with Gasteiger partial charge in [0.25, 0.3) is 5.56 Å². The second-order valence-electron chi connectivity index (χ2n) is 6.49. The predicted octanol–water partition coefficient (Wildman–Crippen LogP) is 3.76. The summed E-state index contributed by atoms with van der Waals surface area (Å²) in [4.78, 5) is 38.0. The minimum Gasteiger partial charge on any atom is -0.497 e. The van der Waals surface area contributed by atoms with Crippen LogP contribution >= 0.6 is 11.3 Å². The smallest absolute Gasteiger partial charge is 0.359 e. The van der Waals surface area contributed by atoms with Crippen LogP contribution in [0.4, 0.5) is 5.00 Å². The van der Waals surface area contributed by atoms with E-state index < -0.39 is 11.5 Å². The first-order chi connectivity index (χ1) is 14.5. The number of benzene rings is 1. The number of amides is 1. The summed E-state index contributed by atoms with van der Waals surface area (Å²) < 4.78 is 11.4. The fourth-order valence-electron chi connectivity index (χ4n) is 2.92. The van der Waals surface area contributed by atoms with Crippen LogP contribution in [-0.4, -0.2) is 35.4 Å². The fourth-order valence-corrected chi connectivity index (χ4v) is 3.87. The van der Waals surface area contributed by atoms with Gasteiger partial charge in [-0.15, -0.1) is 11.3 Å². The summed E-state index contributed by atoms with van der Waals surface area (Å²) in [5.74, 6) is -0.185. The highest BCUT2D eigenvalue weighted by Gasteiger charge is 2.23. The van der Waals surface area contributed by atoms with Crippen molar-refractivity contribution in [2.45, 2.75) is 33.1 Å². The molecular weight excluding hydrogens is 406 g/mol. The monoisotopic (exact) mass is 429 g/mol. The maximum Gasteiger partial charge on any atom is 0.359 e. The number of rotatable bonds is 8. The second-order valence-corrected chi connectivity index (χ2v) is 7.37. The lowest BCUT2D eigenvalue weighted by atomic mass is 10.2. The topological polar surface area (TPSA) is 99.5 Å². The number of nitrogens with zero attached hydrogens (tertiary/aromatic N) is 2. The number of aromatic nitrogens is 2. The van der Waals surface area contributed by atoms with Crippen molar-refractivity contribution in [3.8, 4) is 11.4 Å². The van der Waals surface area contributed by atoms with Crippen LogP contribution in [0, 0.1) is 0 Å². The van der Waals surface area contributed by atoms with E-state index >= 15 is 0 Å². The van der Waals surface area contributed by atoms with E-state index in [1.165, 1.54) is 11.3 Å². The molecule has 0 unspecified atom stereocenters. The molecular formula is C21H23N3O5S. The van der Waals surface area contributed by atoms with Crippen molar-refractivity contribution in [3.05, 3.63) is 45.7 Å². The van der Waals surface area contributed by atoms with Gasteiger partial charge in [-0.2, -0.15) is 9.78 Å². The Balaban J connectivity index is 2.17. The first kappa shape index (κ1) is 21.5. The van der Waals surface area contributed by atoms with E-state index in [1.807, 2.05) is 6.92 Å². The molecule has 0 aliphatic heterocycles. The lowest BCUT2D eigenvalue weighted by Gasteiger charge is -2.10. The average Bonchev–Trinajstić information content (AvgIpc) is 3.17. The zero-order valence-electron chi connectivity index (χ0n) is 17.1. The summed E-state index contributed by atoms with van der Waals surface area (Å²) in [7, 11) is 1.54. The van der Waals surface area contributed by atoms with Gasteiger partial charge in [0.2, 0.25) is 5.91 Å². The number of anilines is 1. The molecule has 8 nitrogen and oxygen atoms in total. The third-order valence-corrected chi connectivity index (χ3v) is 5.34. The molecule has 0 aliphatic rings. The molecule has 158 valence electrons. The van der Waals surface area contributed by atoms with E-state index in [4.69, 9.17) is 9.47 Å². The molecule has 0 radical (unpaired) electrons. The van der Waals surface area contributed by atoms with Crippen LogP contribution in [-0.2, 0) is 9.53 Å². The molecule has 1 aromatic carbocycles. The Morgan fingerprint density at radius 1 is 1.20 bits per heavy atom. The van der Waals surface area contributed by atoms with E-state index in [0.717, 1.165) is 17.5 Å². The molecule has 2 aromatic heterocycles. The van der Waals surface area contributed by atoms with Gasteiger partial charge in [-0.05, 0) is 37.6 Å². The molecule has 0 saturated carbocycles. The molecule has 30 heavy (non-hydrogen) atoms. The first-order valence-corrected chi connectivity index (χ1v) is 10.5. The van der Waals surface area contributed by atoms with Crippen molar-refractivity contribution in [2.24, 2.45) is 0 Å². The molecule has 0 aliphatic carbocycles. The number of fused-ring (bicyclic) bond motifs is 1. The van der Waals surface area contributed by atoms with Gasteiger partial charge in [0.15, 0.2) is 5.69 Å². The molecule has 9 heteroatoms. The number of nitrogens with one attached hydrogen (secondary N) is 1. The Morgan fingerprint density at radius 3 is 2.57 bits per heavy atom. The van der Waals surface area contributed by atoms with Crippen LogP contribution in [0.3, 0.4) is 0 Å². The summed E-state index contributed by atoms with van der Waals surface area (Å²) in [5, 5.41) is 9.70. The Hall–Kier alpha value is -3.20. The molecule has 3 rings (SSSR count). The number of carbonyl (C=O) groups excluding carboxylic acids is 2. The normalized spacial score (nSPS) is 10.8. The first-order valence-electron chi connectivity index (χ1n) is 9.66. The lowest BCUT2D eigenvalue weighted by Crippen LogP contribution is -2.25. The van der Waals surface area contributed by atoms with Crippen molar-refractivity contribution in [1.29, 1.82) is 0 Å². The predicted molar refractivity (Wildman–Crippen MR) is 116 cm³/mol. The van der Waals surface area contributed by atoms with Crippen molar-refractivity contribution in [3.63, 3.8) is 0 Å². The molecule has 0 spiro atoms. The number of unbranched alkanes of at least 4 members (excludes halogenated alkanes) is 1. The fraction of sp³-hybridized carbons (Fsp3) is 0.333. The zero-order valence-corrected chi connectivity index (χ0v) is 17.9. The number of hydrogen-bond donors (Lipinski definition) is 1. The quantitative estimate of drug-likeness (QED) is 0.547. The van der Waals surface area contributed by atoms with Crippen molar-refractivity contribution < 1.29 is 19.1 Å². The van der Waals surface area contributed by atoms with E-state index in [-0.39, 0.29) is 23.6 Å². The highest BCUT2D eigenvalue weighted by atomic mass is 32.1. The Labute approximate surface area is 177 Å². The number of thiophene rings is 1. The molecule has 3 aromatic rings. The summed E-state index contributed by atoms with van der Waals surface area (Å²) in [6, 6.07) is 6.72. The summed E-state index contributed by atoms with van der Waals surface area (Å²) in [5.41, 5.74) is 0.0468. The van der Waals surface area contributed by atoms with E-state index in [0.29, 0.717) is 28.2 Å². The summed E-state index contributed by atoms with van der Waals surface area (Å²) >= 11 is 1.19. The molecule has 0 atom stereocenters. The summed E-state index contributed by atoms with van der Waals surface area (Å²) in [6.07, 6.45) is 2.00. The number of esters is 1. The minimum atomic E-state index is -0.633. The maximum absolute atomic E-state index is 13.3. The average molecular weight is 429 g/mol. The van der Waals surface area contributed by atoms with Crippen LogP contribution in [0.2, 0.25) is 0 Å².